The Labute approximate surface area is 155 Å². The largest absolute Gasteiger partial charge is 0.371 e. The Balaban J connectivity index is 1.58. The Morgan fingerprint density at radius 3 is 2.23 bits per heavy atom. The predicted octanol–water partition coefficient (Wildman–Crippen LogP) is 4.24. The molecule has 3 rings (SSSR count). The van der Waals surface area contributed by atoms with Gasteiger partial charge in [-0.1, -0.05) is 45.6 Å². The molecule has 1 aliphatic rings. The van der Waals surface area contributed by atoms with E-state index in [1.165, 1.54) is 17.8 Å². The van der Waals surface area contributed by atoms with Gasteiger partial charge in [0.2, 0.25) is 6.41 Å². The van der Waals surface area contributed by atoms with Gasteiger partial charge in [0.05, 0.1) is 0 Å². The molecule has 1 amide bonds. The quantitative estimate of drug-likeness (QED) is 0.604. The van der Waals surface area contributed by atoms with Crippen molar-refractivity contribution in [2.75, 3.05) is 18.0 Å². The summed E-state index contributed by atoms with van der Waals surface area (Å²) in [5, 5.41) is 2.66. The van der Waals surface area contributed by atoms with Crippen molar-refractivity contribution >= 4 is 21.3 Å². The fourth-order valence-corrected chi connectivity index (χ4v) is 3.63. The van der Waals surface area contributed by atoms with E-state index in [-0.39, 0.29) is 5.56 Å². The maximum atomic E-state index is 13.3. The van der Waals surface area contributed by atoms with Crippen LogP contribution in [-0.2, 0) is 17.0 Å². The molecule has 0 spiro atoms. The van der Waals surface area contributed by atoms with E-state index >= 15 is 0 Å². The Kier molecular flexibility index (Phi) is 5.87. The Morgan fingerprint density at radius 1 is 1.08 bits per heavy atom. The minimum Gasteiger partial charge on any atom is -0.371 e. The van der Waals surface area contributed by atoms with Crippen molar-refractivity contribution < 1.29 is 13.6 Å². The lowest BCUT2D eigenvalue weighted by atomic mass is 9.89. The summed E-state index contributed by atoms with van der Waals surface area (Å²) in [5.41, 5.74) is 0.554. The molecule has 2 aromatic carbocycles. The second-order valence-corrected chi connectivity index (χ2v) is 7.40. The molecule has 2 aromatic rings. The van der Waals surface area contributed by atoms with E-state index in [2.05, 4.69) is 22.3 Å². The summed E-state index contributed by atoms with van der Waals surface area (Å²) < 4.78 is 26.6. The van der Waals surface area contributed by atoms with E-state index in [9.17, 15) is 13.6 Å². The average Bonchev–Trinajstić information content (AvgIpc) is 2.66. The molecule has 1 unspecified atom stereocenters. The smallest absolute Gasteiger partial charge is 0.283 e. The van der Waals surface area contributed by atoms with E-state index in [0.717, 1.165) is 37.1 Å². The Bertz CT molecular complexity index is 721. The van der Waals surface area contributed by atoms with Gasteiger partial charge in [-0.2, -0.15) is 8.78 Å². The van der Waals surface area contributed by atoms with Gasteiger partial charge in [-0.25, -0.2) is 0 Å². The summed E-state index contributed by atoms with van der Waals surface area (Å²) >= 11 is 0. The first-order valence-electron chi connectivity index (χ1n) is 8.75. The van der Waals surface area contributed by atoms with E-state index in [1.54, 1.807) is 9.24 Å². The Hall–Kier alpha value is -2.00. The van der Waals surface area contributed by atoms with E-state index in [4.69, 9.17) is 0 Å². The third kappa shape index (κ3) is 4.59. The number of nitrogens with zero attached hydrogens (tertiary/aromatic N) is 1. The Morgan fingerprint density at radius 2 is 1.69 bits per heavy atom. The van der Waals surface area contributed by atoms with Gasteiger partial charge < -0.3 is 10.2 Å². The zero-order valence-electron chi connectivity index (χ0n) is 14.5. The lowest BCUT2D eigenvalue weighted by Crippen LogP contribution is -2.32. The SMILES string of the molecule is O=CNCc1ccc(N2CCC(c3ccc(C(F)(F)P)cc3)CC2)cc1. The first kappa shape index (κ1) is 18.8. The van der Waals surface area contributed by atoms with Crippen LogP contribution in [0.3, 0.4) is 0 Å². The number of carbonyl (C=O) groups is 1. The number of anilines is 1. The molecule has 0 bridgehead atoms. The van der Waals surface area contributed by atoms with Gasteiger partial charge in [-0.05, 0) is 42.0 Å². The molecule has 0 aliphatic carbocycles. The average molecular weight is 376 g/mol. The number of piperidine rings is 1. The minimum absolute atomic E-state index is 0.0350. The van der Waals surface area contributed by atoms with Gasteiger partial charge in [-0.15, -0.1) is 0 Å². The van der Waals surface area contributed by atoms with E-state index in [1.807, 2.05) is 24.3 Å². The van der Waals surface area contributed by atoms with Crippen LogP contribution in [0.5, 0.6) is 0 Å². The molecule has 26 heavy (non-hydrogen) atoms. The molecule has 1 aliphatic heterocycles. The highest BCUT2D eigenvalue weighted by Gasteiger charge is 2.25. The monoisotopic (exact) mass is 376 g/mol. The number of alkyl halides is 2. The number of amides is 1. The normalized spacial score (nSPS) is 15.7. The van der Waals surface area contributed by atoms with Crippen LogP contribution in [0, 0.1) is 0 Å². The van der Waals surface area contributed by atoms with Crippen LogP contribution in [0.25, 0.3) is 0 Å². The van der Waals surface area contributed by atoms with Crippen molar-refractivity contribution in [2.24, 2.45) is 0 Å². The number of carbonyl (C=O) groups excluding carboxylic acids is 1. The summed E-state index contributed by atoms with van der Waals surface area (Å²) in [6.45, 7) is 2.42. The van der Waals surface area contributed by atoms with Crippen molar-refractivity contribution in [1.29, 1.82) is 0 Å². The van der Waals surface area contributed by atoms with Crippen molar-refractivity contribution in [2.45, 2.75) is 31.0 Å². The molecular weight excluding hydrogens is 353 g/mol. The fourth-order valence-electron chi connectivity index (χ4n) is 3.43. The van der Waals surface area contributed by atoms with E-state index < -0.39 is 5.66 Å². The number of hydrogen-bond acceptors (Lipinski definition) is 2. The molecule has 138 valence electrons. The lowest BCUT2D eigenvalue weighted by molar-refractivity contribution is -0.109. The summed E-state index contributed by atoms with van der Waals surface area (Å²) in [7, 11) is 1.58. The number of rotatable bonds is 6. The molecule has 1 fully saturated rings. The second kappa shape index (κ2) is 8.13. The molecule has 1 saturated heterocycles. The highest BCUT2D eigenvalue weighted by Crippen LogP contribution is 2.36. The van der Waals surface area contributed by atoms with Gasteiger partial charge in [-0.3, -0.25) is 4.79 Å². The highest BCUT2D eigenvalue weighted by atomic mass is 31.0. The van der Waals surface area contributed by atoms with Gasteiger partial charge >= 0.3 is 0 Å². The summed E-state index contributed by atoms with van der Waals surface area (Å²) in [6.07, 6.45) is 2.71. The van der Waals surface area contributed by atoms with Crippen LogP contribution < -0.4 is 10.2 Å². The second-order valence-electron chi connectivity index (χ2n) is 6.67. The number of nitrogens with one attached hydrogen (secondary N) is 1. The zero-order chi connectivity index (χ0) is 18.6. The fraction of sp³-hybridized carbons (Fsp3) is 0.350. The molecule has 1 atom stereocenters. The summed E-state index contributed by atoms with van der Waals surface area (Å²) in [5.74, 6) is 0.412. The van der Waals surface area contributed by atoms with Gasteiger partial charge in [0.25, 0.3) is 5.66 Å². The van der Waals surface area contributed by atoms with Crippen LogP contribution in [0.15, 0.2) is 48.5 Å². The van der Waals surface area contributed by atoms with Crippen molar-refractivity contribution in [3.63, 3.8) is 0 Å². The summed E-state index contributed by atoms with van der Waals surface area (Å²) in [6, 6.07) is 14.9. The topological polar surface area (TPSA) is 32.3 Å². The zero-order valence-corrected chi connectivity index (χ0v) is 15.7. The van der Waals surface area contributed by atoms with Crippen molar-refractivity contribution in [3.05, 3.63) is 65.2 Å². The molecule has 0 saturated carbocycles. The lowest BCUT2D eigenvalue weighted by Gasteiger charge is -2.34. The third-order valence-corrected chi connectivity index (χ3v) is 5.29. The molecule has 3 nitrogen and oxygen atoms in total. The number of benzene rings is 2. The van der Waals surface area contributed by atoms with Gasteiger partial charge in [0.1, 0.15) is 0 Å². The molecule has 1 N–H and O–H groups in total. The van der Waals surface area contributed by atoms with Crippen LogP contribution in [0.2, 0.25) is 0 Å². The van der Waals surface area contributed by atoms with Crippen molar-refractivity contribution in [1.82, 2.24) is 5.32 Å². The first-order valence-corrected chi connectivity index (χ1v) is 9.33. The van der Waals surface area contributed by atoms with Crippen molar-refractivity contribution in [3.8, 4) is 0 Å². The standard InChI is InChI=1S/C20H23F2N2OP/c21-20(22,26)18-5-3-16(4-6-18)17-9-11-24(12-10-17)19-7-1-15(2-8-19)13-23-14-25/h1-8,14,17H,9-13,26H2,(H,23,25). The maximum Gasteiger partial charge on any atom is 0.283 e. The van der Waals surface area contributed by atoms with Crippen LogP contribution in [0.4, 0.5) is 14.5 Å². The van der Waals surface area contributed by atoms with Crippen LogP contribution >= 0.6 is 9.24 Å². The molecular formula is C20H23F2N2OP. The molecule has 6 heteroatoms. The van der Waals surface area contributed by atoms with Gasteiger partial charge in [0, 0.05) is 30.9 Å². The number of halogens is 2. The first-order chi connectivity index (χ1) is 12.5. The predicted molar refractivity (Wildman–Crippen MR) is 104 cm³/mol. The van der Waals surface area contributed by atoms with E-state index in [0.29, 0.717) is 18.9 Å². The summed E-state index contributed by atoms with van der Waals surface area (Å²) in [4.78, 5) is 12.7. The van der Waals surface area contributed by atoms with Crippen LogP contribution in [-0.4, -0.2) is 19.5 Å². The third-order valence-electron chi connectivity index (χ3n) is 4.95. The van der Waals surface area contributed by atoms with Gasteiger partial charge in [0.15, 0.2) is 0 Å². The molecule has 0 aromatic heterocycles. The minimum atomic E-state index is -2.87. The molecule has 0 radical (unpaired) electrons. The number of hydrogen-bond donors (Lipinski definition) is 1. The maximum absolute atomic E-state index is 13.3. The van der Waals surface area contributed by atoms with Crippen LogP contribution in [0.1, 0.15) is 35.4 Å². The molecule has 1 heterocycles. The highest BCUT2D eigenvalue weighted by molar-refractivity contribution is 7.17.